The van der Waals surface area contributed by atoms with E-state index in [1.54, 1.807) is 23.9 Å². The molecule has 0 aliphatic carbocycles. The van der Waals surface area contributed by atoms with Gasteiger partial charge >= 0.3 is 5.97 Å². The standard InChI is InChI=1S/C14H19ClO3S/c1-10(2)5-6-18-7-8-19-11-3-4-13(15)12(9-11)14(16)17/h3-4,9-10H,5-8H2,1-2H3,(H,16,17). The van der Waals surface area contributed by atoms with Gasteiger partial charge in [0, 0.05) is 17.3 Å². The number of ether oxygens (including phenoxy) is 1. The van der Waals surface area contributed by atoms with E-state index in [4.69, 9.17) is 21.4 Å². The predicted octanol–water partition coefficient (Wildman–Crippen LogP) is 4.19. The largest absolute Gasteiger partial charge is 0.478 e. The van der Waals surface area contributed by atoms with Gasteiger partial charge in [-0.15, -0.1) is 11.8 Å². The molecule has 0 bridgehead atoms. The van der Waals surface area contributed by atoms with Gasteiger partial charge in [0.2, 0.25) is 0 Å². The summed E-state index contributed by atoms with van der Waals surface area (Å²) in [6, 6.07) is 5.05. The number of hydrogen-bond donors (Lipinski definition) is 1. The van der Waals surface area contributed by atoms with Crippen LogP contribution >= 0.6 is 23.4 Å². The Hall–Kier alpha value is -0.710. The van der Waals surface area contributed by atoms with Crippen molar-refractivity contribution in [3.63, 3.8) is 0 Å². The zero-order chi connectivity index (χ0) is 14.3. The van der Waals surface area contributed by atoms with Crippen LogP contribution in [0.1, 0.15) is 30.6 Å². The topological polar surface area (TPSA) is 46.5 Å². The van der Waals surface area contributed by atoms with Crippen LogP contribution < -0.4 is 0 Å². The third-order valence-electron chi connectivity index (χ3n) is 2.50. The van der Waals surface area contributed by atoms with Crippen LogP contribution in [0.15, 0.2) is 23.1 Å². The van der Waals surface area contributed by atoms with Gasteiger partial charge in [-0.25, -0.2) is 4.79 Å². The van der Waals surface area contributed by atoms with Gasteiger partial charge in [0.05, 0.1) is 17.2 Å². The summed E-state index contributed by atoms with van der Waals surface area (Å²) in [6.07, 6.45) is 1.06. The first kappa shape index (κ1) is 16.3. The molecule has 1 aromatic rings. The molecule has 0 saturated heterocycles. The Balaban J connectivity index is 2.34. The highest BCUT2D eigenvalue weighted by atomic mass is 35.5. The highest BCUT2D eigenvalue weighted by molar-refractivity contribution is 7.99. The van der Waals surface area contributed by atoms with Crippen molar-refractivity contribution in [2.24, 2.45) is 5.92 Å². The summed E-state index contributed by atoms with van der Waals surface area (Å²) < 4.78 is 5.50. The van der Waals surface area contributed by atoms with Gasteiger partial charge in [0.15, 0.2) is 0 Å². The molecule has 0 fully saturated rings. The molecule has 0 aliphatic heterocycles. The molecule has 0 radical (unpaired) electrons. The fraction of sp³-hybridized carbons (Fsp3) is 0.500. The predicted molar refractivity (Wildman–Crippen MR) is 79.4 cm³/mol. The van der Waals surface area contributed by atoms with Crippen molar-refractivity contribution in [3.05, 3.63) is 28.8 Å². The highest BCUT2D eigenvalue weighted by Gasteiger charge is 2.09. The van der Waals surface area contributed by atoms with E-state index in [0.29, 0.717) is 12.5 Å². The third kappa shape index (κ3) is 6.32. The third-order valence-corrected chi connectivity index (χ3v) is 3.79. The summed E-state index contributed by atoms with van der Waals surface area (Å²) in [5.74, 6) is 0.460. The van der Waals surface area contributed by atoms with Crippen LogP contribution in [0.5, 0.6) is 0 Å². The first-order chi connectivity index (χ1) is 9.00. The van der Waals surface area contributed by atoms with Crippen LogP contribution in [-0.2, 0) is 4.74 Å². The number of carboxylic acids is 1. The Bertz CT molecular complexity index is 421. The lowest BCUT2D eigenvalue weighted by molar-refractivity contribution is 0.0697. The van der Waals surface area contributed by atoms with Gasteiger partial charge in [-0.05, 0) is 30.5 Å². The molecule has 1 N–H and O–H groups in total. The molecule has 0 aliphatic rings. The van der Waals surface area contributed by atoms with Gasteiger partial charge in [0.25, 0.3) is 0 Å². The molecule has 0 atom stereocenters. The van der Waals surface area contributed by atoms with E-state index >= 15 is 0 Å². The van der Waals surface area contributed by atoms with Crippen LogP contribution in [0.3, 0.4) is 0 Å². The number of halogens is 1. The fourth-order valence-electron chi connectivity index (χ4n) is 1.40. The average Bonchev–Trinajstić information content (AvgIpc) is 2.34. The highest BCUT2D eigenvalue weighted by Crippen LogP contribution is 2.24. The van der Waals surface area contributed by atoms with Crippen LogP contribution in [0, 0.1) is 5.92 Å². The second kappa shape index (κ2) is 8.46. The molecule has 0 aromatic heterocycles. The summed E-state index contributed by atoms with van der Waals surface area (Å²) in [7, 11) is 0. The normalized spacial score (nSPS) is 10.9. The van der Waals surface area contributed by atoms with Crippen LogP contribution in [0.2, 0.25) is 5.02 Å². The van der Waals surface area contributed by atoms with Crippen molar-refractivity contribution < 1.29 is 14.6 Å². The van der Waals surface area contributed by atoms with Gasteiger partial charge in [-0.3, -0.25) is 0 Å². The molecule has 0 amide bonds. The molecule has 0 unspecified atom stereocenters. The van der Waals surface area contributed by atoms with E-state index in [0.717, 1.165) is 23.7 Å². The van der Waals surface area contributed by atoms with Crippen LogP contribution in [0.25, 0.3) is 0 Å². The lowest BCUT2D eigenvalue weighted by Gasteiger charge is -2.07. The summed E-state index contributed by atoms with van der Waals surface area (Å²) in [4.78, 5) is 11.8. The first-order valence-corrected chi connectivity index (χ1v) is 7.60. The lowest BCUT2D eigenvalue weighted by atomic mass is 10.1. The van der Waals surface area contributed by atoms with E-state index in [1.807, 2.05) is 6.07 Å². The summed E-state index contributed by atoms with van der Waals surface area (Å²) in [5, 5.41) is 9.23. The quantitative estimate of drug-likeness (QED) is 0.577. The van der Waals surface area contributed by atoms with Gasteiger partial charge in [-0.2, -0.15) is 0 Å². The molecule has 3 nitrogen and oxygen atoms in total. The molecule has 0 heterocycles. The first-order valence-electron chi connectivity index (χ1n) is 6.24. The number of aromatic carboxylic acids is 1. The second-order valence-corrected chi connectivity index (χ2v) is 6.17. The van der Waals surface area contributed by atoms with Gasteiger partial charge in [0.1, 0.15) is 0 Å². The SMILES string of the molecule is CC(C)CCOCCSc1ccc(Cl)c(C(=O)O)c1. The van der Waals surface area contributed by atoms with Gasteiger partial charge in [-0.1, -0.05) is 25.4 Å². The van der Waals surface area contributed by atoms with Crippen molar-refractivity contribution in [2.45, 2.75) is 25.2 Å². The Morgan fingerprint density at radius 3 is 2.79 bits per heavy atom. The molecule has 106 valence electrons. The number of hydrogen-bond acceptors (Lipinski definition) is 3. The van der Waals surface area contributed by atoms with E-state index in [1.165, 1.54) is 0 Å². The average molecular weight is 303 g/mol. The van der Waals surface area contributed by atoms with Crippen LogP contribution in [0.4, 0.5) is 0 Å². The van der Waals surface area contributed by atoms with Crippen molar-refractivity contribution in [1.82, 2.24) is 0 Å². The van der Waals surface area contributed by atoms with Crippen molar-refractivity contribution in [2.75, 3.05) is 19.0 Å². The van der Waals surface area contributed by atoms with Crippen molar-refractivity contribution >= 4 is 29.3 Å². The van der Waals surface area contributed by atoms with Crippen LogP contribution in [-0.4, -0.2) is 30.0 Å². The summed E-state index contributed by atoms with van der Waals surface area (Å²) >= 11 is 7.38. The minimum atomic E-state index is -0.999. The number of rotatable bonds is 8. The maximum Gasteiger partial charge on any atom is 0.337 e. The fourth-order valence-corrected chi connectivity index (χ4v) is 2.40. The van der Waals surface area contributed by atoms with E-state index in [2.05, 4.69) is 13.8 Å². The number of benzene rings is 1. The smallest absolute Gasteiger partial charge is 0.337 e. The number of carboxylic acid groups (broad SMARTS) is 1. The van der Waals surface area contributed by atoms with Gasteiger partial charge < -0.3 is 9.84 Å². The Morgan fingerprint density at radius 2 is 2.16 bits per heavy atom. The molecular formula is C14H19ClO3S. The molecule has 5 heteroatoms. The molecular weight excluding hydrogens is 284 g/mol. The monoisotopic (exact) mass is 302 g/mol. The Labute approximate surface area is 123 Å². The number of thioether (sulfide) groups is 1. The molecule has 19 heavy (non-hydrogen) atoms. The summed E-state index contributed by atoms with van der Waals surface area (Å²) in [6.45, 7) is 5.78. The molecule has 0 spiro atoms. The molecule has 0 saturated carbocycles. The van der Waals surface area contributed by atoms with E-state index in [9.17, 15) is 4.79 Å². The lowest BCUT2D eigenvalue weighted by Crippen LogP contribution is -2.02. The summed E-state index contributed by atoms with van der Waals surface area (Å²) in [5.41, 5.74) is 0.146. The minimum absolute atomic E-state index is 0.146. The molecule has 1 aromatic carbocycles. The maximum absolute atomic E-state index is 10.9. The van der Waals surface area contributed by atoms with Crippen molar-refractivity contribution in [3.8, 4) is 0 Å². The van der Waals surface area contributed by atoms with Crippen molar-refractivity contribution in [1.29, 1.82) is 0 Å². The maximum atomic E-state index is 10.9. The van der Waals surface area contributed by atoms with E-state index < -0.39 is 5.97 Å². The minimum Gasteiger partial charge on any atom is -0.478 e. The number of carbonyl (C=O) groups is 1. The second-order valence-electron chi connectivity index (χ2n) is 4.59. The Kier molecular flexibility index (Phi) is 7.28. The Morgan fingerprint density at radius 1 is 1.42 bits per heavy atom. The van der Waals surface area contributed by atoms with E-state index in [-0.39, 0.29) is 10.6 Å². The molecule has 1 rings (SSSR count). The zero-order valence-electron chi connectivity index (χ0n) is 11.2. The zero-order valence-corrected chi connectivity index (χ0v) is 12.8.